The summed E-state index contributed by atoms with van der Waals surface area (Å²) in [6.45, 7) is 2.30. The molecule has 0 unspecified atom stereocenters. The van der Waals surface area contributed by atoms with E-state index in [1.165, 1.54) is 30.6 Å². The summed E-state index contributed by atoms with van der Waals surface area (Å²) in [6, 6.07) is 8.45. The minimum atomic E-state index is 1.15. The fourth-order valence-electron chi connectivity index (χ4n) is 2.41. The SMILES string of the molecule is c1ccc(-n2cnnc2)c(N2CCCCC2)c1. The summed E-state index contributed by atoms with van der Waals surface area (Å²) in [6.07, 6.45) is 7.43. The largest absolute Gasteiger partial charge is 0.370 e. The molecule has 2 heterocycles. The van der Waals surface area contributed by atoms with E-state index in [1.54, 1.807) is 12.7 Å². The van der Waals surface area contributed by atoms with Gasteiger partial charge in [0, 0.05) is 13.1 Å². The van der Waals surface area contributed by atoms with Crippen molar-refractivity contribution >= 4 is 5.69 Å². The van der Waals surface area contributed by atoms with E-state index in [9.17, 15) is 0 Å². The van der Waals surface area contributed by atoms with Crippen LogP contribution in [0.1, 0.15) is 19.3 Å². The van der Waals surface area contributed by atoms with Gasteiger partial charge in [-0.1, -0.05) is 12.1 Å². The third-order valence-corrected chi connectivity index (χ3v) is 3.28. The molecule has 1 aromatic heterocycles. The van der Waals surface area contributed by atoms with Crippen molar-refractivity contribution in [2.75, 3.05) is 18.0 Å². The number of rotatable bonds is 2. The molecule has 1 aromatic carbocycles. The average Bonchev–Trinajstić information content (AvgIpc) is 2.94. The van der Waals surface area contributed by atoms with Crippen LogP contribution in [0.5, 0.6) is 0 Å². The van der Waals surface area contributed by atoms with Crippen LogP contribution in [0.2, 0.25) is 0 Å². The molecule has 1 fully saturated rings. The van der Waals surface area contributed by atoms with Gasteiger partial charge in [-0.15, -0.1) is 10.2 Å². The third kappa shape index (κ3) is 2.02. The summed E-state index contributed by atoms with van der Waals surface area (Å²) in [5.41, 5.74) is 2.45. The minimum absolute atomic E-state index is 1.15. The van der Waals surface area contributed by atoms with Crippen LogP contribution in [-0.2, 0) is 0 Å². The van der Waals surface area contributed by atoms with Gasteiger partial charge in [0.2, 0.25) is 0 Å². The van der Waals surface area contributed by atoms with Crippen LogP contribution in [0, 0.1) is 0 Å². The summed E-state index contributed by atoms with van der Waals surface area (Å²) < 4.78 is 1.98. The first-order valence-electron chi connectivity index (χ1n) is 6.14. The zero-order chi connectivity index (χ0) is 11.5. The molecule has 2 aromatic rings. The van der Waals surface area contributed by atoms with Crippen molar-refractivity contribution in [1.29, 1.82) is 0 Å². The number of nitrogens with zero attached hydrogens (tertiary/aromatic N) is 4. The van der Waals surface area contributed by atoms with Crippen molar-refractivity contribution in [3.05, 3.63) is 36.9 Å². The molecule has 17 heavy (non-hydrogen) atoms. The molecule has 0 atom stereocenters. The molecule has 0 radical (unpaired) electrons. The number of para-hydroxylation sites is 2. The fourth-order valence-corrected chi connectivity index (χ4v) is 2.41. The van der Waals surface area contributed by atoms with E-state index >= 15 is 0 Å². The lowest BCUT2D eigenvalue weighted by molar-refractivity contribution is 0.577. The van der Waals surface area contributed by atoms with E-state index in [1.807, 2.05) is 4.57 Å². The van der Waals surface area contributed by atoms with Crippen LogP contribution in [0.3, 0.4) is 0 Å². The van der Waals surface area contributed by atoms with E-state index in [0.29, 0.717) is 0 Å². The molecular weight excluding hydrogens is 212 g/mol. The lowest BCUT2D eigenvalue weighted by Crippen LogP contribution is -2.30. The van der Waals surface area contributed by atoms with E-state index in [0.717, 1.165) is 13.1 Å². The van der Waals surface area contributed by atoms with Crippen molar-refractivity contribution in [2.45, 2.75) is 19.3 Å². The highest BCUT2D eigenvalue weighted by Crippen LogP contribution is 2.26. The van der Waals surface area contributed by atoms with Crippen molar-refractivity contribution in [3.8, 4) is 5.69 Å². The number of anilines is 1. The lowest BCUT2D eigenvalue weighted by Gasteiger charge is -2.30. The topological polar surface area (TPSA) is 34.0 Å². The molecular formula is C13H16N4. The highest BCUT2D eigenvalue weighted by molar-refractivity contribution is 5.62. The number of aromatic nitrogens is 3. The first kappa shape index (κ1) is 10.3. The molecule has 0 spiro atoms. The summed E-state index contributed by atoms with van der Waals surface area (Å²) in [5.74, 6) is 0. The Morgan fingerprint density at radius 2 is 1.47 bits per heavy atom. The van der Waals surface area contributed by atoms with Crippen LogP contribution < -0.4 is 4.90 Å². The summed E-state index contributed by atoms with van der Waals surface area (Å²) in [7, 11) is 0. The molecule has 1 saturated heterocycles. The van der Waals surface area contributed by atoms with Crippen molar-refractivity contribution in [3.63, 3.8) is 0 Å². The van der Waals surface area contributed by atoms with Gasteiger partial charge in [-0.3, -0.25) is 4.57 Å². The Balaban J connectivity index is 1.98. The van der Waals surface area contributed by atoms with E-state index in [-0.39, 0.29) is 0 Å². The first-order chi connectivity index (χ1) is 8.45. The Bertz CT molecular complexity index is 472. The van der Waals surface area contributed by atoms with Crippen molar-refractivity contribution in [2.24, 2.45) is 0 Å². The van der Waals surface area contributed by atoms with Gasteiger partial charge in [0.05, 0.1) is 11.4 Å². The molecule has 0 aliphatic carbocycles. The molecule has 1 aliphatic rings. The Labute approximate surface area is 101 Å². The second-order valence-electron chi connectivity index (χ2n) is 4.41. The maximum atomic E-state index is 3.88. The maximum absolute atomic E-state index is 3.88. The van der Waals surface area contributed by atoms with Gasteiger partial charge in [-0.25, -0.2) is 0 Å². The van der Waals surface area contributed by atoms with Crippen LogP contribution >= 0.6 is 0 Å². The zero-order valence-corrected chi connectivity index (χ0v) is 9.79. The molecule has 0 saturated carbocycles. The number of benzene rings is 1. The second-order valence-corrected chi connectivity index (χ2v) is 4.41. The van der Waals surface area contributed by atoms with E-state index in [2.05, 4.69) is 39.4 Å². The van der Waals surface area contributed by atoms with E-state index < -0.39 is 0 Å². The minimum Gasteiger partial charge on any atom is -0.370 e. The quantitative estimate of drug-likeness (QED) is 0.790. The monoisotopic (exact) mass is 228 g/mol. The third-order valence-electron chi connectivity index (χ3n) is 3.28. The van der Waals surface area contributed by atoms with Gasteiger partial charge >= 0.3 is 0 Å². The number of hydrogen-bond donors (Lipinski definition) is 0. The molecule has 0 N–H and O–H groups in total. The van der Waals surface area contributed by atoms with Crippen LogP contribution in [-0.4, -0.2) is 27.9 Å². The first-order valence-corrected chi connectivity index (χ1v) is 6.14. The fraction of sp³-hybridized carbons (Fsp3) is 0.385. The van der Waals surface area contributed by atoms with E-state index in [4.69, 9.17) is 0 Å². The van der Waals surface area contributed by atoms with Crippen LogP contribution in [0.25, 0.3) is 5.69 Å². The van der Waals surface area contributed by atoms with Crippen molar-refractivity contribution < 1.29 is 0 Å². The molecule has 0 bridgehead atoms. The molecule has 4 nitrogen and oxygen atoms in total. The molecule has 3 rings (SSSR count). The van der Waals surface area contributed by atoms with Crippen LogP contribution in [0.15, 0.2) is 36.9 Å². The molecule has 4 heteroatoms. The summed E-state index contributed by atoms with van der Waals surface area (Å²) >= 11 is 0. The lowest BCUT2D eigenvalue weighted by atomic mass is 10.1. The van der Waals surface area contributed by atoms with Crippen LogP contribution in [0.4, 0.5) is 5.69 Å². The highest BCUT2D eigenvalue weighted by Gasteiger charge is 2.14. The van der Waals surface area contributed by atoms with Gasteiger partial charge < -0.3 is 4.90 Å². The summed E-state index contributed by atoms with van der Waals surface area (Å²) in [5, 5.41) is 7.76. The predicted octanol–water partition coefficient (Wildman–Crippen LogP) is 2.26. The van der Waals surface area contributed by atoms with Crippen molar-refractivity contribution in [1.82, 2.24) is 14.8 Å². The second kappa shape index (κ2) is 4.57. The van der Waals surface area contributed by atoms with Gasteiger partial charge in [0.15, 0.2) is 0 Å². The van der Waals surface area contributed by atoms with Gasteiger partial charge in [-0.05, 0) is 31.4 Å². The maximum Gasteiger partial charge on any atom is 0.123 e. The van der Waals surface area contributed by atoms with Gasteiger partial charge in [-0.2, -0.15) is 0 Å². The normalized spacial score (nSPS) is 16.1. The molecule has 1 aliphatic heterocycles. The Morgan fingerprint density at radius 3 is 2.18 bits per heavy atom. The standard InChI is InChI=1S/C13H16N4/c1-4-8-16(9-5-1)12-6-2-3-7-13(12)17-10-14-15-11-17/h2-3,6-7,10-11H,1,4-5,8-9H2. The number of hydrogen-bond acceptors (Lipinski definition) is 3. The highest BCUT2D eigenvalue weighted by atomic mass is 15.2. The van der Waals surface area contributed by atoms with Gasteiger partial charge in [0.25, 0.3) is 0 Å². The average molecular weight is 228 g/mol. The summed E-state index contributed by atoms with van der Waals surface area (Å²) in [4.78, 5) is 2.46. The Morgan fingerprint density at radius 1 is 0.824 bits per heavy atom. The molecule has 88 valence electrons. The smallest absolute Gasteiger partial charge is 0.123 e. The Hall–Kier alpha value is -1.84. The Kier molecular flexibility index (Phi) is 2.78. The number of piperidine rings is 1. The zero-order valence-electron chi connectivity index (χ0n) is 9.79. The van der Waals surface area contributed by atoms with Gasteiger partial charge in [0.1, 0.15) is 12.7 Å². The molecule has 0 amide bonds. The predicted molar refractivity (Wildman–Crippen MR) is 67.4 cm³/mol.